The Kier molecular flexibility index (Phi) is 5.08. The molecule has 0 aliphatic carbocycles. The van der Waals surface area contributed by atoms with Crippen molar-refractivity contribution in [2.75, 3.05) is 43.0 Å². The maximum absolute atomic E-state index is 3.50. The van der Waals surface area contributed by atoms with Crippen molar-refractivity contribution in [2.45, 2.75) is 32.7 Å². The summed E-state index contributed by atoms with van der Waals surface area (Å²) in [5, 5.41) is 3.50. The molecule has 0 aromatic heterocycles. The number of para-hydroxylation sites is 2. The number of anilines is 2. The molecule has 0 amide bonds. The molecule has 1 heterocycles. The van der Waals surface area contributed by atoms with Crippen molar-refractivity contribution >= 4 is 11.4 Å². The van der Waals surface area contributed by atoms with Crippen molar-refractivity contribution in [3.05, 3.63) is 24.3 Å². The zero-order valence-electron chi connectivity index (χ0n) is 12.5. The predicted octanol–water partition coefficient (Wildman–Crippen LogP) is 2.72. The highest BCUT2D eigenvalue weighted by Gasteiger charge is 2.23. The number of nitrogens with one attached hydrogen (secondary N) is 1. The Bertz CT molecular complexity index is 391. The van der Waals surface area contributed by atoms with Crippen LogP contribution >= 0.6 is 0 Å². The Morgan fingerprint density at radius 1 is 1.16 bits per heavy atom. The van der Waals surface area contributed by atoms with Gasteiger partial charge in [0.05, 0.1) is 11.4 Å². The number of benzene rings is 1. The van der Waals surface area contributed by atoms with E-state index in [-0.39, 0.29) is 0 Å². The van der Waals surface area contributed by atoms with Gasteiger partial charge < -0.3 is 15.1 Å². The van der Waals surface area contributed by atoms with Crippen LogP contribution in [0.25, 0.3) is 0 Å². The topological polar surface area (TPSA) is 18.5 Å². The van der Waals surface area contributed by atoms with Gasteiger partial charge in [-0.05, 0) is 45.0 Å². The third-order valence-electron chi connectivity index (χ3n) is 3.98. The number of fused-ring (bicyclic) bond motifs is 1. The van der Waals surface area contributed by atoms with Crippen molar-refractivity contribution < 1.29 is 0 Å². The summed E-state index contributed by atoms with van der Waals surface area (Å²) in [5.74, 6) is 0. The van der Waals surface area contributed by atoms with Crippen molar-refractivity contribution in [1.29, 1.82) is 0 Å². The molecule has 0 fully saturated rings. The van der Waals surface area contributed by atoms with Gasteiger partial charge in [-0.25, -0.2) is 0 Å². The fraction of sp³-hybridized carbons (Fsp3) is 0.625. The molecule has 0 bridgehead atoms. The fourth-order valence-corrected chi connectivity index (χ4v) is 2.75. The fourth-order valence-electron chi connectivity index (χ4n) is 2.75. The van der Waals surface area contributed by atoms with E-state index in [1.807, 2.05) is 0 Å². The summed E-state index contributed by atoms with van der Waals surface area (Å²) in [6.07, 6.45) is 2.42. The van der Waals surface area contributed by atoms with Crippen LogP contribution in [0, 0.1) is 0 Å². The summed E-state index contributed by atoms with van der Waals surface area (Å²) in [7, 11) is 2.18. The number of hydrogen-bond acceptors (Lipinski definition) is 3. The number of likely N-dealkylation sites (N-methyl/N-ethyl adjacent to an activating group) is 1. The van der Waals surface area contributed by atoms with Gasteiger partial charge in [-0.2, -0.15) is 0 Å². The molecule has 1 unspecified atom stereocenters. The van der Waals surface area contributed by atoms with Gasteiger partial charge in [-0.1, -0.05) is 19.1 Å². The van der Waals surface area contributed by atoms with E-state index in [2.05, 4.69) is 60.3 Å². The first kappa shape index (κ1) is 14.2. The van der Waals surface area contributed by atoms with Crippen LogP contribution in [0.2, 0.25) is 0 Å². The van der Waals surface area contributed by atoms with E-state index in [1.54, 1.807) is 0 Å². The third kappa shape index (κ3) is 3.41. The monoisotopic (exact) mass is 261 g/mol. The van der Waals surface area contributed by atoms with Gasteiger partial charge in [0.1, 0.15) is 0 Å². The quantitative estimate of drug-likeness (QED) is 0.794. The molecular formula is C16H27N3. The number of hydrogen-bond donors (Lipinski definition) is 1. The van der Waals surface area contributed by atoms with Gasteiger partial charge in [-0.15, -0.1) is 0 Å². The van der Waals surface area contributed by atoms with Crippen LogP contribution in [-0.4, -0.2) is 39.3 Å². The van der Waals surface area contributed by atoms with Crippen molar-refractivity contribution in [3.63, 3.8) is 0 Å². The summed E-state index contributed by atoms with van der Waals surface area (Å²) in [5.41, 5.74) is 2.75. The lowest BCUT2D eigenvalue weighted by Gasteiger charge is -2.40. The molecular weight excluding hydrogens is 234 g/mol. The van der Waals surface area contributed by atoms with Crippen LogP contribution < -0.4 is 15.1 Å². The van der Waals surface area contributed by atoms with Gasteiger partial charge in [0.25, 0.3) is 0 Å². The normalized spacial score (nSPS) is 16.4. The molecule has 19 heavy (non-hydrogen) atoms. The Hall–Kier alpha value is -1.22. The van der Waals surface area contributed by atoms with Gasteiger partial charge in [0, 0.05) is 26.2 Å². The zero-order chi connectivity index (χ0) is 13.7. The van der Waals surface area contributed by atoms with Crippen LogP contribution in [-0.2, 0) is 0 Å². The second-order valence-electron chi connectivity index (χ2n) is 5.49. The minimum absolute atomic E-state index is 0.596. The first-order valence-electron chi connectivity index (χ1n) is 7.51. The van der Waals surface area contributed by atoms with E-state index < -0.39 is 0 Å². The Balaban J connectivity index is 1.99. The van der Waals surface area contributed by atoms with E-state index in [4.69, 9.17) is 0 Å². The lowest BCUT2D eigenvalue weighted by molar-refractivity contribution is 0.541. The third-order valence-corrected chi connectivity index (χ3v) is 3.98. The SMILES string of the molecule is CCCNCCC(C)N1CCN(C)c2ccccc21. The van der Waals surface area contributed by atoms with E-state index in [9.17, 15) is 0 Å². The lowest BCUT2D eigenvalue weighted by Crippen LogP contribution is -2.44. The smallest absolute Gasteiger partial charge is 0.0607 e. The minimum Gasteiger partial charge on any atom is -0.371 e. The minimum atomic E-state index is 0.596. The van der Waals surface area contributed by atoms with Crippen LogP contribution in [0.3, 0.4) is 0 Å². The molecule has 1 aromatic carbocycles. The molecule has 106 valence electrons. The highest BCUT2D eigenvalue weighted by atomic mass is 15.3. The summed E-state index contributed by atoms with van der Waals surface area (Å²) in [4.78, 5) is 4.91. The van der Waals surface area contributed by atoms with Crippen LogP contribution in [0.15, 0.2) is 24.3 Å². The summed E-state index contributed by atoms with van der Waals surface area (Å²) >= 11 is 0. The highest BCUT2D eigenvalue weighted by Crippen LogP contribution is 2.33. The Morgan fingerprint density at radius 3 is 2.63 bits per heavy atom. The molecule has 0 spiro atoms. The van der Waals surface area contributed by atoms with Gasteiger partial charge in [0.15, 0.2) is 0 Å². The standard InChI is InChI=1S/C16H27N3/c1-4-10-17-11-9-14(2)19-13-12-18(3)15-7-5-6-8-16(15)19/h5-8,14,17H,4,9-13H2,1-3H3. The van der Waals surface area contributed by atoms with Crippen LogP contribution in [0.4, 0.5) is 11.4 Å². The van der Waals surface area contributed by atoms with Gasteiger partial charge in [0.2, 0.25) is 0 Å². The van der Waals surface area contributed by atoms with Gasteiger partial charge in [-0.3, -0.25) is 0 Å². The van der Waals surface area contributed by atoms with E-state index >= 15 is 0 Å². The van der Waals surface area contributed by atoms with Crippen molar-refractivity contribution in [3.8, 4) is 0 Å². The van der Waals surface area contributed by atoms with Crippen molar-refractivity contribution in [1.82, 2.24) is 5.32 Å². The molecule has 1 N–H and O–H groups in total. The molecule has 2 rings (SSSR count). The average molecular weight is 261 g/mol. The van der Waals surface area contributed by atoms with Crippen LogP contribution in [0.5, 0.6) is 0 Å². The molecule has 0 saturated heterocycles. The summed E-state index contributed by atoms with van der Waals surface area (Å²) in [6, 6.07) is 9.35. The zero-order valence-corrected chi connectivity index (χ0v) is 12.5. The average Bonchev–Trinajstić information content (AvgIpc) is 2.44. The largest absolute Gasteiger partial charge is 0.371 e. The molecule has 0 radical (unpaired) electrons. The Labute approximate surface area is 117 Å². The van der Waals surface area contributed by atoms with Crippen LogP contribution in [0.1, 0.15) is 26.7 Å². The molecule has 3 heteroatoms. The first-order chi connectivity index (χ1) is 9.24. The second kappa shape index (κ2) is 6.80. The lowest BCUT2D eigenvalue weighted by atomic mass is 10.1. The molecule has 1 aliphatic rings. The van der Waals surface area contributed by atoms with E-state index in [1.165, 1.54) is 24.2 Å². The predicted molar refractivity (Wildman–Crippen MR) is 84.3 cm³/mol. The maximum atomic E-state index is 3.50. The molecule has 1 aromatic rings. The maximum Gasteiger partial charge on any atom is 0.0607 e. The molecule has 0 saturated carbocycles. The molecule has 1 atom stereocenters. The number of rotatable bonds is 6. The Morgan fingerprint density at radius 2 is 1.89 bits per heavy atom. The first-order valence-corrected chi connectivity index (χ1v) is 7.51. The van der Waals surface area contributed by atoms with E-state index in [0.29, 0.717) is 6.04 Å². The van der Waals surface area contributed by atoms with Gasteiger partial charge >= 0.3 is 0 Å². The molecule has 3 nitrogen and oxygen atoms in total. The van der Waals surface area contributed by atoms with Crippen molar-refractivity contribution in [2.24, 2.45) is 0 Å². The summed E-state index contributed by atoms with van der Waals surface area (Å²) < 4.78 is 0. The second-order valence-corrected chi connectivity index (χ2v) is 5.49. The molecule has 1 aliphatic heterocycles. The summed E-state index contributed by atoms with van der Waals surface area (Å²) in [6.45, 7) is 9.05. The highest BCUT2D eigenvalue weighted by molar-refractivity contribution is 5.73. The number of nitrogens with zero attached hydrogens (tertiary/aromatic N) is 2. The van der Waals surface area contributed by atoms with E-state index in [0.717, 1.165) is 26.2 Å².